The highest BCUT2D eigenvalue weighted by Crippen LogP contribution is 2.41. The van der Waals surface area contributed by atoms with Gasteiger partial charge in [0.25, 0.3) is 0 Å². The molecule has 1 atom stereocenters. The Hall–Kier alpha value is -0.830. The lowest BCUT2D eigenvalue weighted by molar-refractivity contribution is 0.152. The van der Waals surface area contributed by atoms with Gasteiger partial charge < -0.3 is 5.73 Å². The average molecular weight is 277 g/mol. The van der Waals surface area contributed by atoms with Crippen molar-refractivity contribution in [3.63, 3.8) is 0 Å². The van der Waals surface area contributed by atoms with E-state index in [1.807, 2.05) is 0 Å². The fourth-order valence-corrected chi connectivity index (χ4v) is 3.44. The summed E-state index contributed by atoms with van der Waals surface area (Å²) in [5, 5.41) is 4.77. The number of hydrogen-bond donors (Lipinski definition) is 1. The second-order valence-corrected chi connectivity index (χ2v) is 6.78. The summed E-state index contributed by atoms with van der Waals surface area (Å²) < 4.78 is 2.11. The molecule has 3 heteroatoms. The van der Waals surface area contributed by atoms with Crippen LogP contribution in [0.2, 0.25) is 0 Å². The molecule has 20 heavy (non-hydrogen) atoms. The van der Waals surface area contributed by atoms with Gasteiger partial charge in [0.05, 0.1) is 5.69 Å². The van der Waals surface area contributed by atoms with Crippen LogP contribution in [0.3, 0.4) is 0 Å². The maximum atomic E-state index is 6.13. The first-order valence-corrected chi connectivity index (χ1v) is 8.36. The first-order chi connectivity index (χ1) is 9.62. The van der Waals surface area contributed by atoms with Gasteiger partial charge in [-0.15, -0.1) is 0 Å². The fraction of sp³-hybridized carbons (Fsp3) is 0.824. The largest absolute Gasteiger partial charge is 0.330 e. The number of aromatic nitrogens is 2. The van der Waals surface area contributed by atoms with Crippen LogP contribution in [0.1, 0.15) is 71.0 Å². The Bertz CT molecular complexity index is 402. The van der Waals surface area contributed by atoms with Crippen molar-refractivity contribution in [1.82, 2.24) is 9.78 Å². The van der Waals surface area contributed by atoms with E-state index in [0.717, 1.165) is 25.3 Å². The van der Waals surface area contributed by atoms with Gasteiger partial charge in [0, 0.05) is 12.2 Å². The lowest BCUT2D eigenvalue weighted by atomic mass is 9.67. The van der Waals surface area contributed by atoms with E-state index in [1.165, 1.54) is 37.8 Å². The monoisotopic (exact) mass is 277 g/mol. The van der Waals surface area contributed by atoms with Crippen LogP contribution in [-0.4, -0.2) is 16.3 Å². The van der Waals surface area contributed by atoms with E-state index in [1.54, 1.807) is 0 Å². The predicted molar refractivity (Wildman–Crippen MR) is 84.7 cm³/mol. The van der Waals surface area contributed by atoms with E-state index in [0.29, 0.717) is 11.5 Å². The zero-order valence-corrected chi connectivity index (χ0v) is 13.4. The molecule has 0 aliphatic heterocycles. The highest BCUT2D eigenvalue weighted by Gasteiger charge is 2.34. The molecule has 0 bridgehead atoms. The molecule has 1 aliphatic carbocycles. The van der Waals surface area contributed by atoms with Crippen LogP contribution in [0.15, 0.2) is 12.3 Å². The van der Waals surface area contributed by atoms with Gasteiger partial charge in [-0.3, -0.25) is 4.68 Å². The fourth-order valence-electron chi connectivity index (χ4n) is 3.44. The summed E-state index contributed by atoms with van der Waals surface area (Å²) in [7, 11) is 0. The van der Waals surface area contributed by atoms with E-state index in [-0.39, 0.29) is 0 Å². The van der Waals surface area contributed by atoms with Crippen LogP contribution in [-0.2, 0) is 6.42 Å². The minimum absolute atomic E-state index is 0.306. The summed E-state index contributed by atoms with van der Waals surface area (Å²) in [4.78, 5) is 0. The Morgan fingerprint density at radius 3 is 2.65 bits per heavy atom. The zero-order chi connectivity index (χ0) is 14.6. The van der Waals surface area contributed by atoms with E-state index < -0.39 is 0 Å². The van der Waals surface area contributed by atoms with Gasteiger partial charge in [0.15, 0.2) is 0 Å². The molecular formula is C17H31N3. The van der Waals surface area contributed by atoms with E-state index >= 15 is 0 Å². The summed E-state index contributed by atoms with van der Waals surface area (Å²) in [6.45, 7) is 7.55. The van der Waals surface area contributed by atoms with E-state index in [9.17, 15) is 0 Å². The van der Waals surface area contributed by atoms with Gasteiger partial charge in [-0.05, 0) is 69.4 Å². The Kier molecular flexibility index (Phi) is 5.25. The predicted octanol–water partition coefficient (Wildman–Crippen LogP) is 3.94. The SMILES string of the molecule is CCC1CCC(CN)(Cc2ccn(C(C)CC)n2)CC1. The van der Waals surface area contributed by atoms with Gasteiger partial charge in [-0.1, -0.05) is 20.3 Å². The van der Waals surface area contributed by atoms with E-state index in [2.05, 4.69) is 37.7 Å². The summed E-state index contributed by atoms with van der Waals surface area (Å²) >= 11 is 0. The molecule has 0 amide bonds. The molecule has 1 aliphatic rings. The average Bonchev–Trinajstić information content (AvgIpc) is 2.95. The Morgan fingerprint density at radius 1 is 1.40 bits per heavy atom. The molecule has 114 valence electrons. The molecule has 0 radical (unpaired) electrons. The van der Waals surface area contributed by atoms with Crippen molar-refractivity contribution < 1.29 is 0 Å². The molecular weight excluding hydrogens is 246 g/mol. The lowest BCUT2D eigenvalue weighted by Gasteiger charge is -2.39. The molecule has 1 heterocycles. The molecule has 2 N–H and O–H groups in total. The van der Waals surface area contributed by atoms with Crippen LogP contribution in [0.4, 0.5) is 0 Å². The highest BCUT2D eigenvalue weighted by atomic mass is 15.3. The summed E-state index contributed by atoms with van der Waals surface area (Å²) in [6.07, 6.45) is 10.9. The molecule has 2 rings (SSSR count). The Labute approximate surface area is 123 Å². The Balaban J connectivity index is 2.01. The first kappa shape index (κ1) is 15.6. The summed E-state index contributed by atoms with van der Waals surface area (Å²) in [5.74, 6) is 0.923. The second kappa shape index (κ2) is 6.75. The van der Waals surface area contributed by atoms with Crippen molar-refractivity contribution in [2.24, 2.45) is 17.1 Å². The molecule has 1 unspecified atom stereocenters. The van der Waals surface area contributed by atoms with Gasteiger partial charge in [-0.2, -0.15) is 5.10 Å². The van der Waals surface area contributed by atoms with Gasteiger partial charge in [0.2, 0.25) is 0 Å². The molecule has 1 aromatic heterocycles. The van der Waals surface area contributed by atoms with Crippen molar-refractivity contribution in [2.45, 2.75) is 71.8 Å². The summed E-state index contributed by atoms with van der Waals surface area (Å²) in [6, 6.07) is 2.68. The molecule has 1 saturated carbocycles. The molecule has 3 nitrogen and oxygen atoms in total. The van der Waals surface area contributed by atoms with E-state index in [4.69, 9.17) is 10.8 Å². The van der Waals surface area contributed by atoms with Crippen LogP contribution in [0, 0.1) is 11.3 Å². The third kappa shape index (κ3) is 3.43. The number of nitrogens with two attached hydrogens (primary N) is 1. The van der Waals surface area contributed by atoms with Crippen molar-refractivity contribution in [1.29, 1.82) is 0 Å². The van der Waals surface area contributed by atoms with Crippen molar-refractivity contribution in [3.05, 3.63) is 18.0 Å². The number of nitrogens with zero attached hydrogens (tertiary/aromatic N) is 2. The smallest absolute Gasteiger partial charge is 0.0630 e. The zero-order valence-electron chi connectivity index (χ0n) is 13.4. The van der Waals surface area contributed by atoms with Gasteiger partial charge in [-0.25, -0.2) is 0 Å². The summed E-state index contributed by atoms with van der Waals surface area (Å²) in [5.41, 5.74) is 7.66. The lowest BCUT2D eigenvalue weighted by Crippen LogP contribution is -2.37. The van der Waals surface area contributed by atoms with Crippen molar-refractivity contribution >= 4 is 0 Å². The third-order valence-electron chi connectivity index (χ3n) is 5.44. The van der Waals surface area contributed by atoms with Crippen LogP contribution in [0.25, 0.3) is 0 Å². The van der Waals surface area contributed by atoms with Crippen molar-refractivity contribution in [3.8, 4) is 0 Å². The van der Waals surface area contributed by atoms with Gasteiger partial charge >= 0.3 is 0 Å². The highest BCUT2D eigenvalue weighted by molar-refractivity contribution is 5.05. The molecule has 0 saturated heterocycles. The normalized spacial score (nSPS) is 28.5. The number of rotatable bonds is 6. The first-order valence-electron chi connectivity index (χ1n) is 8.36. The molecule has 0 aromatic carbocycles. The van der Waals surface area contributed by atoms with Crippen molar-refractivity contribution in [2.75, 3.05) is 6.54 Å². The van der Waals surface area contributed by atoms with Gasteiger partial charge in [0.1, 0.15) is 0 Å². The second-order valence-electron chi connectivity index (χ2n) is 6.78. The van der Waals surface area contributed by atoms with Crippen LogP contribution >= 0.6 is 0 Å². The standard InChI is InChI=1S/C17H31N3/c1-4-14(3)20-11-8-16(19-20)12-17(13-18)9-6-15(5-2)7-10-17/h8,11,14-15H,4-7,9-10,12-13,18H2,1-3H3. The molecule has 1 aromatic rings. The quantitative estimate of drug-likeness (QED) is 0.856. The van der Waals surface area contributed by atoms with Crippen LogP contribution < -0.4 is 5.73 Å². The maximum absolute atomic E-state index is 6.13. The molecule has 1 fully saturated rings. The minimum atomic E-state index is 0.306. The third-order valence-corrected chi connectivity index (χ3v) is 5.44. The topological polar surface area (TPSA) is 43.8 Å². The maximum Gasteiger partial charge on any atom is 0.0630 e. The number of hydrogen-bond acceptors (Lipinski definition) is 2. The molecule has 0 spiro atoms. The Morgan fingerprint density at radius 2 is 2.10 bits per heavy atom. The minimum Gasteiger partial charge on any atom is -0.330 e. The van der Waals surface area contributed by atoms with Crippen LogP contribution in [0.5, 0.6) is 0 Å².